The Hall–Kier alpha value is -2.30. The molecule has 0 atom stereocenters. The van der Waals surface area contributed by atoms with Gasteiger partial charge in [0.05, 0.1) is 18.2 Å². The van der Waals surface area contributed by atoms with E-state index in [2.05, 4.69) is 14.5 Å². The van der Waals surface area contributed by atoms with Gasteiger partial charge >= 0.3 is 12.3 Å². The molecule has 0 aliphatic rings. The van der Waals surface area contributed by atoms with Gasteiger partial charge in [-0.2, -0.15) is 5.26 Å². The van der Waals surface area contributed by atoms with Crippen molar-refractivity contribution in [1.82, 2.24) is 4.98 Å². The van der Waals surface area contributed by atoms with Crippen molar-refractivity contribution in [3.63, 3.8) is 0 Å². The van der Waals surface area contributed by atoms with Crippen LogP contribution < -0.4 is 4.74 Å². The molecule has 1 heterocycles. The third-order valence-electron chi connectivity index (χ3n) is 1.62. The molecule has 0 amide bonds. The molecule has 0 fully saturated rings. The van der Waals surface area contributed by atoms with E-state index in [1.165, 1.54) is 0 Å². The molecule has 0 bridgehead atoms. The molecule has 0 aromatic carbocycles. The second-order valence-corrected chi connectivity index (χ2v) is 2.72. The Kier molecular flexibility index (Phi) is 3.52. The van der Waals surface area contributed by atoms with Crippen molar-refractivity contribution in [2.75, 3.05) is 7.11 Å². The molecule has 0 spiro atoms. The lowest BCUT2D eigenvalue weighted by Gasteiger charge is -2.09. The number of ether oxygens (including phenoxy) is 2. The summed E-state index contributed by atoms with van der Waals surface area (Å²) in [5, 5.41) is 8.63. The van der Waals surface area contributed by atoms with Crippen molar-refractivity contribution >= 4 is 5.97 Å². The number of aromatic nitrogens is 1. The molecule has 0 aliphatic carbocycles. The summed E-state index contributed by atoms with van der Waals surface area (Å²) in [6.07, 6.45) is -4.12. The Labute approximate surface area is 93.4 Å². The second kappa shape index (κ2) is 4.69. The number of halogens is 3. The average Bonchev–Trinajstić information content (AvgIpc) is 2.25. The van der Waals surface area contributed by atoms with E-state index in [-0.39, 0.29) is 11.1 Å². The van der Waals surface area contributed by atoms with Gasteiger partial charge in [0.15, 0.2) is 0 Å². The van der Waals surface area contributed by atoms with E-state index in [1.54, 1.807) is 6.07 Å². The summed E-state index contributed by atoms with van der Waals surface area (Å²) in [6.45, 7) is 0. The standard InChI is InChI=1S/C9H5F3N2O3/c1-16-8(15)6-2-7(17-9(10,11)12)14-4-5(6)3-13/h2,4H,1H3. The predicted molar refractivity (Wildman–Crippen MR) is 47.0 cm³/mol. The van der Waals surface area contributed by atoms with Gasteiger partial charge in [-0.1, -0.05) is 0 Å². The van der Waals surface area contributed by atoms with Crippen molar-refractivity contribution < 1.29 is 27.4 Å². The SMILES string of the molecule is COC(=O)c1cc(OC(F)(F)F)ncc1C#N. The number of nitrogens with zero attached hydrogens (tertiary/aromatic N) is 2. The highest BCUT2D eigenvalue weighted by Gasteiger charge is 2.32. The largest absolute Gasteiger partial charge is 0.574 e. The van der Waals surface area contributed by atoms with Gasteiger partial charge in [0, 0.05) is 12.3 Å². The Balaban J connectivity index is 3.15. The van der Waals surface area contributed by atoms with Crippen molar-refractivity contribution in [3.8, 4) is 11.9 Å². The zero-order valence-corrected chi connectivity index (χ0v) is 8.41. The fraction of sp³-hybridized carbons (Fsp3) is 0.222. The third kappa shape index (κ3) is 3.34. The first-order valence-corrected chi connectivity index (χ1v) is 4.11. The minimum atomic E-state index is -4.92. The normalized spacial score (nSPS) is 10.5. The van der Waals surface area contributed by atoms with Crippen LogP contribution in [0.25, 0.3) is 0 Å². The van der Waals surface area contributed by atoms with Crippen molar-refractivity contribution in [3.05, 3.63) is 23.4 Å². The van der Waals surface area contributed by atoms with Crippen molar-refractivity contribution in [2.45, 2.75) is 6.36 Å². The Morgan fingerprint density at radius 1 is 1.53 bits per heavy atom. The number of hydrogen-bond acceptors (Lipinski definition) is 5. The fourth-order valence-corrected chi connectivity index (χ4v) is 0.979. The Morgan fingerprint density at radius 3 is 2.65 bits per heavy atom. The first-order valence-electron chi connectivity index (χ1n) is 4.11. The quantitative estimate of drug-likeness (QED) is 0.741. The monoisotopic (exact) mass is 246 g/mol. The molecule has 17 heavy (non-hydrogen) atoms. The average molecular weight is 246 g/mol. The molecular formula is C9H5F3N2O3. The minimum Gasteiger partial charge on any atom is -0.465 e. The number of alkyl halides is 3. The van der Waals surface area contributed by atoms with E-state index in [0.717, 1.165) is 13.3 Å². The van der Waals surface area contributed by atoms with Crippen LogP contribution in [0.1, 0.15) is 15.9 Å². The van der Waals surface area contributed by atoms with E-state index in [4.69, 9.17) is 5.26 Å². The molecular weight excluding hydrogens is 241 g/mol. The number of methoxy groups -OCH3 is 1. The van der Waals surface area contributed by atoms with Crippen LogP contribution in [0.2, 0.25) is 0 Å². The van der Waals surface area contributed by atoms with Gasteiger partial charge in [-0.15, -0.1) is 13.2 Å². The van der Waals surface area contributed by atoms with E-state index in [9.17, 15) is 18.0 Å². The highest BCUT2D eigenvalue weighted by Crippen LogP contribution is 2.22. The maximum absolute atomic E-state index is 11.9. The topological polar surface area (TPSA) is 72.2 Å². The van der Waals surface area contributed by atoms with E-state index >= 15 is 0 Å². The molecule has 1 aromatic heterocycles. The fourth-order valence-electron chi connectivity index (χ4n) is 0.979. The summed E-state index contributed by atoms with van der Waals surface area (Å²) in [6, 6.07) is 2.29. The van der Waals surface area contributed by atoms with Crippen LogP contribution in [-0.2, 0) is 4.74 Å². The first-order chi connectivity index (χ1) is 7.87. The summed E-state index contributed by atoms with van der Waals surface area (Å²) < 4.78 is 43.5. The number of hydrogen-bond donors (Lipinski definition) is 0. The second-order valence-electron chi connectivity index (χ2n) is 2.72. The van der Waals surface area contributed by atoms with Crippen LogP contribution in [0, 0.1) is 11.3 Å². The summed E-state index contributed by atoms with van der Waals surface area (Å²) >= 11 is 0. The van der Waals surface area contributed by atoms with Gasteiger partial charge in [0.2, 0.25) is 5.88 Å². The highest BCUT2D eigenvalue weighted by atomic mass is 19.4. The minimum absolute atomic E-state index is 0.202. The summed E-state index contributed by atoms with van der Waals surface area (Å²) in [4.78, 5) is 14.4. The van der Waals surface area contributed by atoms with E-state index < -0.39 is 18.2 Å². The molecule has 0 saturated carbocycles. The lowest BCUT2D eigenvalue weighted by molar-refractivity contribution is -0.276. The van der Waals surface area contributed by atoms with Crippen LogP contribution >= 0.6 is 0 Å². The van der Waals surface area contributed by atoms with Crippen molar-refractivity contribution in [2.24, 2.45) is 0 Å². The molecule has 8 heteroatoms. The molecule has 1 rings (SSSR count). The van der Waals surface area contributed by atoms with Crippen LogP contribution in [0.15, 0.2) is 12.3 Å². The summed E-state index contributed by atoms with van der Waals surface area (Å²) in [7, 11) is 1.04. The maximum Gasteiger partial charge on any atom is 0.574 e. The zero-order chi connectivity index (χ0) is 13.1. The molecule has 0 radical (unpaired) electrons. The molecule has 0 N–H and O–H groups in total. The van der Waals surface area contributed by atoms with Gasteiger partial charge in [-0.3, -0.25) is 0 Å². The highest BCUT2D eigenvalue weighted by molar-refractivity contribution is 5.92. The van der Waals surface area contributed by atoms with Crippen LogP contribution in [0.3, 0.4) is 0 Å². The van der Waals surface area contributed by atoms with E-state index in [1.807, 2.05) is 0 Å². The molecule has 1 aromatic rings. The predicted octanol–water partition coefficient (Wildman–Crippen LogP) is 1.64. The van der Waals surface area contributed by atoms with Gasteiger partial charge < -0.3 is 9.47 Å². The lowest BCUT2D eigenvalue weighted by atomic mass is 10.1. The van der Waals surface area contributed by atoms with Crippen molar-refractivity contribution in [1.29, 1.82) is 5.26 Å². The number of rotatable bonds is 2. The number of carbonyl (C=O) groups is 1. The smallest absolute Gasteiger partial charge is 0.465 e. The molecule has 0 saturated heterocycles. The zero-order valence-electron chi connectivity index (χ0n) is 8.41. The van der Waals surface area contributed by atoms with Crippen LogP contribution in [-0.4, -0.2) is 24.4 Å². The van der Waals surface area contributed by atoms with Gasteiger partial charge in [-0.25, -0.2) is 9.78 Å². The van der Waals surface area contributed by atoms with Gasteiger partial charge in [0.25, 0.3) is 0 Å². The maximum atomic E-state index is 11.9. The molecule has 5 nitrogen and oxygen atoms in total. The number of nitriles is 1. The van der Waals surface area contributed by atoms with Crippen LogP contribution in [0.5, 0.6) is 5.88 Å². The molecule has 0 unspecified atom stereocenters. The van der Waals surface area contributed by atoms with Gasteiger partial charge in [-0.05, 0) is 0 Å². The lowest BCUT2D eigenvalue weighted by Crippen LogP contribution is -2.18. The van der Waals surface area contributed by atoms with Crippen LogP contribution in [0.4, 0.5) is 13.2 Å². The Morgan fingerprint density at radius 2 is 2.18 bits per heavy atom. The first kappa shape index (κ1) is 12.8. The van der Waals surface area contributed by atoms with Gasteiger partial charge in [0.1, 0.15) is 6.07 Å². The van der Waals surface area contributed by atoms with E-state index in [0.29, 0.717) is 6.07 Å². The number of esters is 1. The summed E-state index contributed by atoms with van der Waals surface area (Å²) in [5.41, 5.74) is -0.546. The molecule has 90 valence electrons. The number of pyridine rings is 1. The molecule has 0 aliphatic heterocycles. The third-order valence-corrected chi connectivity index (χ3v) is 1.62. The summed E-state index contributed by atoms with van der Waals surface area (Å²) in [5.74, 6) is -1.78. The Bertz CT molecular complexity index is 479. The number of carbonyl (C=O) groups excluding carboxylic acids is 1.